The standard InChI is InChI=1S/C22H34N4O2.2ClH/c1-17(19-5-4-10-23-16-19)15-21(27)25-20-8-6-18(7-9-20)22(28)24-11-14-26-12-2-3-13-26;;/h6-9,17,19,23H,2-5,10-16H2,1H3,(H,24,28)(H,25,27);2*1H. The average molecular weight is 459 g/mol. The van der Waals surface area contributed by atoms with Crippen LogP contribution in [-0.4, -0.2) is 56.0 Å². The third kappa shape index (κ3) is 8.42. The van der Waals surface area contributed by atoms with Crippen LogP contribution in [0.5, 0.6) is 0 Å². The van der Waals surface area contributed by atoms with Crippen molar-refractivity contribution >= 4 is 42.3 Å². The molecule has 2 unspecified atom stereocenters. The SMILES string of the molecule is CC(CC(=O)Nc1ccc(C(=O)NCCN2CCCC2)cc1)C1CCCNC1.Cl.Cl. The number of likely N-dealkylation sites (tertiary alicyclic amines) is 1. The molecule has 2 heterocycles. The van der Waals surface area contributed by atoms with Gasteiger partial charge in [-0.2, -0.15) is 0 Å². The second-order valence-electron chi connectivity index (χ2n) is 8.22. The molecule has 170 valence electrons. The first kappa shape index (κ1) is 26.7. The highest BCUT2D eigenvalue weighted by Crippen LogP contribution is 2.23. The smallest absolute Gasteiger partial charge is 0.251 e. The number of hydrogen-bond acceptors (Lipinski definition) is 4. The Morgan fingerprint density at radius 1 is 1.13 bits per heavy atom. The molecule has 30 heavy (non-hydrogen) atoms. The van der Waals surface area contributed by atoms with Crippen LogP contribution in [0.4, 0.5) is 5.69 Å². The van der Waals surface area contributed by atoms with Crippen molar-refractivity contribution in [3.63, 3.8) is 0 Å². The lowest BCUT2D eigenvalue weighted by atomic mass is 9.85. The van der Waals surface area contributed by atoms with E-state index < -0.39 is 0 Å². The van der Waals surface area contributed by atoms with Gasteiger partial charge in [0.1, 0.15) is 0 Å². The Morgan fingerprint density at radius 3 is 2.47 bits per heavy atom. The van der Waals surface area contributed by atoms with Crippen molar-refractivity contribution in [1.82, 2.24) is 15.5 Å². The van der Waals surface area contributed by atoms with E-state index in [9.17, 15) is 9.59 Å². The molecule has 0 bridgehead atoms. The summed E-state index contributed by atoms with van der Waals surface area (Å²) in [6.45, 7) is 8.12. The third-order valence-corrected chi connectivity index (χ3v) is 5.99. The van der Waals surface area contributed by atoms with E-state index in [0.29, 0.717) is 30.4 Å². The number of amides is 2. The summed E-state index contributed by atoms with van der Waals surface area (Å²) in [7, 11) is 0. The molecule has 2 aliphatic rings. The van der Waals surface area contributed by atoms with Gasteiger partial charge in [-0.15, -0.1) is 24.8 Å². The molecule has 0 saturated carbocycles. The number of anilines is 1. The molecule has 2 atom stereocenters. The molecule has 2 fully saturated rings. The number of hydrogen-bond donors (Lipinski definition) is 3. The predicted octanol–water partition coefficient (Wildman–Crippen LogP) is 3.32. The van der Waals surface area contributed by atoms with Crippen LogP contribution >= 0.6 is 24.8 Å². The molecule has 3 rings (SSSR count). The molecule has 2 saturated heterocycles. The maximum absolute atomic E-state index is 12.3. The Bertz CT molecular complexity index is 645. The Kier molecular flexibility index (Phi) is 12.3. The fraction of sp³-hybridized carbons (Fsp3) is 0.636. The summed E-state index contributed by atoms with van der Waals surface area (Å²) in [6, 6.07) is 7.16. The molecule has 1 aromatic rings. The van der Waals surface area contributed by atoms with E-state index in [0.717, 1.165) is 38.4 Å². The van der Waals surface area contributed by atoms with E-state index in [1.165, 1.54) is 25.7 Å². The highest BCUT2D eigenvalue weighted by Gasteiger charge is 2.22. The number of piperidine rings is 1. The fourth-order valence-electron chi connectivity index (χ4n) is 4.18. The largest absolute Gasteiger partial charge is 0.351 e. The van der Waals surface area contributed by atoms with Crippen molar-refractivity contribution in [2.45, 2.75) is 39.0 Å². The molecule has 2 aliphatic heterocycles. The highest BCUT2D eigenvalue weighted by molar-refractivity contribution is 5.95. The molecule has 0 spiro atoms. The minimum absolute atomic E-state index is 0. The number of nitrogens with one attached hydrogen (secondary N) is 3. The van der Waals surface area contributed by atoms with E-state index in [1.54, 1.807) is 24.3 Å². The molecule has 3 N–H and O–H groups in total. The topological polar surface area (TPSA) is 73.5 Å². The minimum atomic E-state index is -0.0597. The van der Waals surface area contributed by atoms with Gasteiger partial charge in [-0.25, -0.2) is 0 Å². The molecule has 0 aliphatic carbocycles. The van der Waals surface area contributed by atoms with Crippen molar-refractivity contribution in [3.8, 4) is 0 Å². The fourth-order valence-corrected chi connectivity index (χ4v) is 4.18. The van der Waals surface area contributed by atoms with Gasteiger partial charge in [0.25, 0.3) is 5.91 Å². The average Bonchev–Trinajstić information content (AvgIpc) is 3.22. The van der Waals surface area contributed by atoms with E-state index >= 15 is 0 Å². The summed E-state index contributed by atoms with van der Waals surface area (Å²) < 4.78 is 0. The number of nitrogens with zero attached hydrogens (tertiary/aromatic N) is 1. The highest BCUT2D eigenvalue weighted by atomic mass is 35.5. The van der Waals surface area contributed by atoms with Gasteiger partial charge in [0.05, 0.1) is 0 Å². The van der Waals surface area contributed by atoms with Crippen LogP contribution in [0.25, 0.3) is 0 Å². The van der Waals surface area contributed by atoms with Crippen LogP contribution in [0.3, 0.4) is 0 Å². The lowest BCUT2D eigenvalue weighted by Gasteiger charge is -2.28. The van der Waals surface area contributed by atoms with Gasteiger partial charge in [0, 0.05) is 30.8 Å². The first-order valence-electron chi connectivity index (χ1n) is 10.7. The van der Waals surface area contributed by atoms with Gasteiger partial charge in [0.2, 0.25) is 5.91 Å². The zero-order valence-electron chi connectivity index (χ0n) is 17.8. The van der Waals surface area contributed by atoms with Crippen LogP contribution in [0.15, 0.2) is 24.3 Å². The lowest BCUT2D eigenvalue weighted by molar-refractivity contribution is -0.117. The second-order valence-corrected chi connectivity index (χ2v) is 8.22. The molecule has 6 nitrogen and oxygen atoms in total. The second kappa shape index (κ2) is 13.9. The molecule has 0 radical (unpaired) electrons. The zero-order valence-corrected chi connectivity index (χ0v) is 19.5. The third-order valence-electron chi connectivity index (χ3n) is 5.99. The molecule has 2 amide bonds. The van der Waals surface area contributed by atoms with Crippen molar-refractivity contribution in [3.05, 3.63) is 29.8 Å². The van der Waals surface area contributed by atoms with Crippen LogP contribution in [0, 0.1) is 11.8 Å². The van der Waals surface area contributed by atoms with Gasteiger partial charge in [-0.3, -0.25) is 9.59 Å². The first-order chi connectivity index (χ1) is 13.6. The van der Waals surface area contributed by atoms with Gasteiger partial charge in [-0.05, 0) is 88.0 Å². The van der Waals surface area contributed by atoms with Gasteiger partial charge >= 0.3 is 0 Å². The Morgan fingerprint density at radius 2 is 1.83 bits per heavy atom. The van der Waals surface area contributed by atoms with Gasteiger partial charge in [0.15, 0.2) is 0 Å². The predicted molar refractivity (Wildman–Crippen MR) is 127 cm³/mol. The van der Waals surface area contributed by atoms with Crippen LogP contribution in [0.1, 0.15) is 49.4 Å². The van der Waals surface area contributed by atoms with Crippen LogP contribution in [-0.2, 0) is 4.79 Å². The number of benzene rings is 1. The zero-order chi connectivity index (χ0) is 19.8. The number of halogens is 2. The van der Waals surface area contributed by atoms with E-state index in [4.69, 9.17) is 0 Å². The summed E-state index contributed by atoms with van der Waals surface area (Å²) in [6.07, 6.45) is 5.45. The normalized spacial score (nSPS) is 19.8. The van der Waals surface area contributed by atoms with Crippen molar-refractivity contribution < 1.29 is 9.59 Å². The van der Waals surface area contributed by atoms with Crippen LogP contribution < -0.4 is 16.0 Å². The molecule has 0 aromatic heterocycles. The van der Waals surface area contributed by atoms with Crippen molar-refractivity contribution in [1.29, 1.82) is 0 Å². The summed E-state index contributed by atoms with van der Waals surface area (Å²) >= 11 is 0. The summed E-state index contributed by atoms with van der Waals surface area (Å²) in [4.78, 5) is 27.0. The number of rotatable bonds is 8. The Balaban J connectivity index is 0.00000225. The van der Waals surface area contributed by atoms with Gasteiger partial charge in [-0.1, -0.05) is 6.92 Å². The molecule has 1 aromatic carbocycles. The van der Waals surface area contributed by atoms with Crippen molar-refractivity contribution in [2.75, 3.05) is 44.6 Å². The van der Waals surface area contributed by atoms with E-state index in [-0.39, 0.29) is 36.6 Å². The van der Waals surface area contributed by atoms with Gasteiger partial charge < -0.3 is 20.9 Å². The molecular weight excluding hydrogens is 423 g/mol. The van der Waals surface area contributed by atoms with Crippen LogP contribution in [0.2, 0.25) is 0 Å². The maximum atomic E-state index is 12.3. The number of carbonyl (C=O) groups excluding carboxylic acids is 2. The Hall–Kier alpha value is -1.34. The summed E-state index contributed by atoms with van der Waals surface area (Å²) in [5.41, 5.74) is 1.37. The Labute approximate surface area is 192 Å². The summed E-state index contributed by atoms with van der Waals surface area (Å²) in [5, 5.41) is 9.35. The van der Waals surface area contributed by atoms with E-state index in [1.807, 2.05) is 0 Å². The first-order valence-corrected chi connectivity index (χ1v) is 10.7. The molecule has 8 heteroatoms. The number of carbonyl (C=O) groups is 2. The minimum Gasteiger partial charge on any atom is -0.351 e. The monoisotopic (exact) mass is 458 g/mol. The molecular formula is C22H36Cl2N4O2. The lowest BCUT2D eigenvalue weighted by Crippen LogP contribution is -2.34. The van der Waals surface area contributed by atoms with Crippen molar-refractivity contribution in [2.24, 2.45) is 11.8 Å². The summed E-state index contributed by atoms with van der Waals surface area (Å²) in [5.74, 6) is 0.927. The maximum Gasteiger partial charge on any atom is 0.251 e. The van der Waals surface area contributed by atoms with E-state index in [2.05, 4.69) is 27.8 Å². The quantitative estimate of drug-likeness (QED) is 0.558.